The molecule has 4 rings (SSSR count). The molecule has 0 spiro atoms. The molecule has 0 saturated heterocycles. The standard InChI is InChI=1S/C26H21F2NO6S/c1-26(2,16-11-15(27)6-8-19(16)34-3)23(31)13-5-7-17(28)18(9-13)29-20(30)10-14-12-36-22(25(33)35-4)21(14)24(29)32/h5-9,11-12H,10H2,1-4H3. The number of imide groups is 1. The Morgan fingerprint density at radius 3 is 2.44 bits per heavy atom. The van der Waals surface area contributed by atoms with Crippen molar-refractivity contribution in [3.8, 4) is 5.75 Å². The van der Waals surface area contributed by atoms with E-state index in [0.717, 1.165) is 30.6 Å². The number of esters is 1. The lowest BCUT2D eigenvalue weighted by Gasteiger charge is -2.28. The highest BCUT2D eigenvalue weighted by Gasteiger charge is 2.39. The Balaban J connectivity index is 1.78. The minimum Gasteiger partial charge on any atom is -0.496 e. The average Bonchev–Trinajstić information content (AvgIpc) is 3.28. The highest BCUT2D eigenvalue weighted by molar-refractivity contribution is 7.12. The van der Waals surface area contributed by atoms with Crippen molar-refractivity contribution >= 4 is 40.6 Å². The van der Waals surface area contributed by atoms with E-state index in [1.54, 1.807) is 13.8 Å². The molecule has 2 amide bonds. The number of fused-ring (bicyclic) bond motifs is 1. The Bertz CT molecular complexity index is 1430. The summed E-state index contributed by atoms with van der Waals surface area (Å²) in [5.74, 6) is -4.06. The number of ether oxygens (including phenoxy) is 2. The zero-order valence-electron chi connectivity index (χ0n) is 19.8. The van der Waals surface area contributed by atoms with Gasteiger partial charge < -0.3 is 9.47 Å². The van der Waals surface area contributed by atoms with Gasteiger partial charge in [-0.2, -0.15) is 0 Å². The summed E-state index contributed by atoms with van der Waals surface area (Å²) >= 11 is 0.954. The molecule has 0 unspecified atom stereocenters. The minimum atomic E-state index is -1.31. The third-order valence-electron chi connectivity index (χ3n) is 6.10. The molecule has 186 valence electrons. The average molecular weight is 514 g/mol. The molecule has 0 saturated carbocycles. The number of hydrogen-bond acceptors (Lipinski definition) is 7. The molecule has 0 aliphatic carbocycles. The van der Waals surface area contributed by atoms with E-state index in [0.29, 0.717) is 16.2 Å². The maximum absolute atomic E-state index is 15.0. The molecule has 1 aliphatic heterocycles. The first kappa shape index (κ1) is 25.2. The van der Waals surface area contributed by atoms with Crippen molar-refractivity contribution in [3.63, 3.8) is 0 Å². The van der Waals surface area contributed by atoms with Crippen LogP contribution in [0.25, 0.3) is 0 Å². The number of amides is 2. The lowest BCUT2D eigenvalue weighted by molar-refractivity contribution is -0.117. The largest absolute Gasteiger partial charge is 0.496 e. The van der Waals surface area contributed by atoms with Gasteiger partial charge in [-0.05, 0) is 61.2 Å². The first-order chi connectivity index (χ1) is 17.0. The first-order valence-corrected chi connectivity index (χ1v) is 11.6. The topological polar surface area (TPSA) is 90.0 Å². The molecule has 0 fully saturated rings. The molecule has 36 heavy (non-hydrogen) atoms. The van der Waals surface area contributed by atoms with Gasteiger partial charge in [0.05, 0.1) is 37.3 Å². The van der Waals surface area contributed by atoms with Gasteiger partial charge >= 0.3 is 5.97 Å². The number of rotatable bonds is 6. The van der Waals surface area contributed by atoms with Gasteiger partial charge in [-0.1, -0.05) is 0 Å². The third kappa shape index (κ3) is 4.07. The van der Waals surface area contributed by atoms with Crippen molar-refractivity contribution in [1.29, 1.82) is 0 Å². The maximum Gasteiger partial charge on any atom is 0.348 e. The van der Waals surface area contributed by atoms with Crippen LogP contribution in [0.1, 0.15) is 55.4 Å². The number of methoxy groups -OCH3 is 2. The summed E-state index contributed by atoms with van der Waals surface area (Å²) in [5, 5.41) is 1.51. The van der Waals surface area contributed by atoms with E-state index >= 15 is 0 Å². The molecular weight excluding hydrogens is 492 g/mol. The normalized spacial score (nSPS) is 13.4. The zero-order valence-corrected chi connectivity index (χ0v) is 20.6. The summed E-state index contributed by atoms with van der Waals surface area (Å²) in [5.41, 5.74) is -1.15. The van der Waals surface area contributed by atoms with Crippen LogP contribution in [0.3, 0.4) is 0 Å². The van der Waals surface area contributed by atoms with Crippen LogP contribution in [0.4, 0.5) is 14.5 Å². The van der Waals surface area contributed by atoms with E-state index < -0.39 is 46.3 Å². The number of Topliss-reactive ketones (excluding diaryl/α,β-unsaturated/α-hetero) is 1. The van der Waals surface area contributed by atoms with Gasteiger partial charge in [0.2, 0.25) is 5.91 Å². The number of thiophene rings is 1. The number of anilines is 1. The molecule has 3 aromatic rings. The van der Waals surface area contributed by atoms with E-state index in [2.05, 4.69) is 0 Å². The molecule has 0 N–H and O–H groups in total. The summed E-state index contributed by atoms with van der Waals surface area (Å²) in [6.07, 6.45) is -0.238. The molecule has 7 nitrogen and oxygen atoms in total. The quantitative estimate of drug-likeness (QED) is 0.269. The lowest BCUT2D eigenvalue weighted by atomic mass is 9.77. The van der Waals surface area contributed by atoms with Gasteiger partial charge in [0.15, 0.2) is 5.78 Å². The molecule has 0 radical (unpaired) electrons. The summed E-state index contributed by atoms with van der Waals surface area (Å²) in [6.45, 7) is 3.13. The molecule has 10 heteroatoms. The van der Waals surface area contributed by atoms with Crippen LogP contribution in [0.2, 0.25) is 0 Å². The number of carbonyl (C=O) groups excluding carboxylic acids is 4. The van der Waals surface area contributed by atoms with Crippen molar-refractivity contribution in [2.45, 2.75) is 25.7 Å². The van der Waals surface area contributed by atoms with Gasteiger partial charge in [0.25, 0.3) is 5.91 Å². The van der Waals surface area contributed by atoms with Crippen LogP contribution in [0, 0.1) is 11.6 Å². The SMILES string of the molecule is COC(=O)c1scc2c1C(=O)N(c1cc(C(=O)C(C)(C)c3cc(F)ccc3OC)ccc1F)C(=O)C2. The second-order valence-corrected chi connectivity index (χ2v) is 9.51. The lowest BCUT2D eigenvalue weighted by Crippen LogP contribution is -2.43. The third-order valence-corrected chi connectivity index (χ3v) is 7.11. The molecular formula is C26H21F2NO6S. The fourth-order valence-corrected chi connectivity index (χ4v) is 5.17. The first-order valence-electron chi connectivity index (χ1n) is 10.8. The maximum atomic E-state index is 15.0. The van der Waals surface area contributed by atoms with Gasteiger partial charge in [0, 0.05) is 11.1 Å². The van der Waals surface area contributed by atoms with Crippen LogP contribution >= 0.6 is 11.3 Å². The van der Waals surface area contributed by atoms with E-state index in [9.17, 15) is 28.0 Å². The van der Waals surface area contributed by atoms with E-state index in [1.807, 2.05) is 0 Å². The predicted octanol–water partition coefficient (Wildman–Crippen LogP) is 4.71. The smallest absolute Gasteiger partial charge is 0.348 e. The molecule has 2 aromatic carbocycles. The van der Waals surface area contributed by atoms with Crippen LogP contribution in [-0.2, 0) is 21.4 Å². The number of halogens is 2. The number of nitrogens with zero attached hydrogens (tertiary/aromatic N) is 1. The fourth-order valence-electron chi connectivity index (χ4n) is 4.19. The zero-order chi connectivity index (χ0) is 26.4. The second kappa shape index (κ2) is 9.27. The van der Waals surface area contributed by atoms with Crippen molar-refractivity contribution in [3.05, 3.63) is 80.5 Å². The molecule has 0 atom stereocenters. The van der Waals surface area contributed by atoms with Crippen LogP contribution in [0.15, 0.2) is 41.8 Å². The summed E-state index contributed by atoms with van der Waals surface area (Å²) < 4.78 is 39.0. The van der Waals surface area contributed by atoms with Gasteiger partial charge in [-0.15, -0.1) is 11.3 Å². The van der Waals surface area contributed by atoms with Crippen molar-refractivity contribution < 1.29 is 37.4 Å². The predicted molar refractivity (Wildman–Crippen MR) is 128 cm³/mol. The Labute approximate surface area is 209 Å². The van der Waals surface area contributed by atoms with E-state index in [1.165, 1.54) is 36.8 Å². The molecule has 1 aromatic heterocycles. The second-order valence-electron chi connectivity index (χ2n) is 8.63. The number of carbonyl (C=O) groups is 4. The monoisotopic (exact) mass is 513 g/mol. The van der Waals surface area contributed by atoms with Crippen molar-refractivity contribution in [2.24, 2.45) is 0 Å². The van der Waals surface area contributed by atoms with Gasteiger partial charge in [-0.3, -0.25) is 14.4 Å². The van der Waals surface area contributed by atoms with Gasteiger partial charge in [0.1, 0.15) is 22.3 Å². The van der Waals surface area contributed by atoms with Crippen LogP contribution in [-0.4, -0.2) is 37.8 Å². The van der Waals surface area contributed by atoms with Gasteiger partial charge in [-0.25, -0.2) is 18.5 Å². The summed E-state index contributed by atoms with van der Waals surface area (Å²) in [7, 11) is 2.55. The number of hydrogen-bond donors (Lipinski definition) is 0. The Kier molecular flexibility index (Phi) is 6.48. The number of benzene rings is 2. The van der Waals surface area contributed by atoms with E-state index in [4.69, 9.17) is 9.47 Å². The molecule has 1 aliphatic rings. The van der Waals surface area contributed by atoms with Crippen LogP contribution in [0.5, 0.6) is 5.75 Å². The van der Waals surface area contributed by atoms with Crippen molar-refractivity contribution in [2.75, 3.05) is 19.1 Å². The Morgan fingerprint density at radius 2 is 1.78 bits per heavy atom. The van der Waals surface area contributed by atoms with E-state index in [-0.39, 0.29) is 28.0 Å². The fraction of sp³-hybridized carbons (Fsp3) is 0.231. The summed E-state index contributed by atoms with van der Waals surface area (Å²) in [4.78, 5) is 52.5. The minimum absolute atomic E-state index is 0.00183. The highest BCUT2D eigenvalue weighted by Crippen LogP contribution is 2.37. The summed E-state index contributed by atoms with van der Waals surface area (Å²) in [6, 6.07) is 7.10. The number of ketones is 1. The molecule has 2 heterocycles. The van der Waals surface area contributed by atoms with Crippen molar-refractivity contribution in [1.82, 2.24) is 0 Å². The Morgan fingerprint density at radius 1 is 1.06 bits per heavy atom. The highest BCUT2D eigenvalue weighted by atomic mass is 32.1. The Hall–Kier alpha value is -3.92. The molecule has 0 bridgehead atoms. The van der Waals surface area contributed by atoms with Crippen LogP contribution < -0.4 is 9.64 Å².